The summed E-state index contributed by atoms with van der Waals surface area (Å²) in [6, 6.07) is 9.55. The second kappa shape index (κ2) is 10.4. The Morgan fingerprint density at radius 3 is 2.39 bits per heavy atom. The van der Waals surface area contributed by atoms with Gasteiger partial charge in [-0.2, -0.15) is 0 Å². The van der Waals surface area contributed by atoms with Gasteiger partial charge in [0.1, 0.15) is 5.75 Å². The monoisotopic (exact) mass is 459 g/mol. The summed E-state index contributed by atoms with van der Waals surface area (Å²) in [6.07, 6.45) is 3.57. The number of ether oxygens (including phenoxy) is 1. The number of alkyl halides is 2. The summed E-state index contributed by atoms with van der Waals surface area (Å²) in [4.78, 5) is 13.6. The number of halogens is 2. The Labute approximate surface area is 194 Å². The largest absolute Gasteiger partial charge is 0.490 e. The van der Waals surface area contributed by atoms with Crippen molar-refractivity contribution in [2.45, 2.75) is 77.4 Å². The zero-order chi connectivity index (χ0) is 23.5. The van der Waals surface area contributed by atoms with Crippen LogP contribution in [0.1, 0.15) is 82.4 Å². The molecule has 0 amide bonds. The van der Waals surface area contributed by atoms with E-state index < -0.39 is 12.4 Å². The summed E-state index contributed by atoms with van der Waals surface area (Å²) in [5.74, 6) is 0.00640. The molecule has 1 unspecified atom stereocenters. The van der Waals surface area contributed by atoms with E-state index in [1.165, 1.54) is 0 Å². The van der Waals surface area contributed by atoms with Gasteiger partial charge in [-0.05, 0) is 92.4 Å². The topological polar surface area (TPSA) is 49.8 Å². The number of hydrogen-bond donors (Lipinski definition) is 1. The van der Waals surface area contributed by atoms with Gasteiger partial charge in [0.05, 0.1) is 17.6 Å². The highest BCUT2D eigenvalue weighted by molar-refractivity contribution is 5.88. The Hall–Kier alpha value is -2.21. The lowest BCUT2D eigenvalue weighted by Gasteiger charge is -2.36. The number of hydrogen-bond acceptors (Lipinski definition) is 3. The Kier molecular flexibility index (Phi) is 7.52. The molecule has 0 aromatic heterocycles. The molecular weight excluding hydrogens is 424 g/mol. The molecule has 1 aliphatic heterocycles. The molecule has 0 radical (unpaired) electrons. The predicted octanol–water partition coefficient (Wildman–Crippen LogP) is 6.98. The molecule has 1 aliphatic carbocycles. The van der Waals surface area contributed by atoms with Crippen molar-refractivity contribution in [1.29, 1.82) is 0 Å². The fraction of sp³-hybridized carbons (Fsp3) is 0.593. The van der Waals surface area contributed by atoms with Crippen molar-refractivity contribution >= 4 is 16.7 Å². The van der Waals surface area contributed by atoms with E-state index in [-0.39, 0.29) is 23.6 Å². The van der Waals surface area contributed by atoms with Crippen LogP contribution in [0.25, 0.3) is 10.8 Å². The molecule has 1 saturated carbocycles. The average Bonchev–Trinajstić information content (AvgIpc) is 2.81. The van der Waals surface area contributed by atoms with E-state index in [1.54, 1.807) is 6.07 Å². The van der Waals surface area contributed by atoms with Gasteiger partial charge < -0.3 is 9.84 Å². The zero-order valence-electron chi connectivity index (χ0n) is 19.6. The highest BCUT2D eigenvalue weighted by atomic mass is 19.3. The second-order valence-corrected chi connectivity index (χ2v) is 9.83. The van der Waals surface area contributed by atoms with Gasteiger partial charge in [-0.3, -0.25) is 9.69 Å². The maximum absolute atomic E-state index is 14.2. The third-order valence-electron chi connectivity index (χ3n) is 7.61. The normalized spacial score (nSPS) is 23.7. The number of carboxylic acid groups (broad SMARTS) is 1. The van der Waals surface area contributed by atoms with Gasteiger partial charge in [-0.15, -0.1) is 0 Å². The van der Waals surface area contributed by atoms with Crippen molar-refractivity contribution in [3.63, 3.8) is 0 Å². The van der Waals surface area contributed by atoms with Crippen LogP contribution in [0.3, 0.4) is 0 Å². The molecule has 1 atom stereocenters. The summed E-state index contributed by atoms with van der Waals surface area (Å²) < 4.78 is 34.4. The lowest BCUT2D eigenvalue weighted by molar-refractivity contribution is -0.143. The fourth-order valence-corrected chi connectivity index (χ4v) is 5.58. The Morgan fingerprint density at radius 2 is 1.79 bits per heavy atom. The molecule has 2 fully saturated rings. The number of benzene rings is 2. The van der Waals surface area contributed by atoms with Crippen LogP contribution in [0.4, 0.5) is 8.78 Å². The number of rotatable bonds is 7. The summed E-state index contributed by atoms with van der Waals surface area (Å²) in [7, 11) is 0. The van der Waals surface area contributed by atoms with Gasteiger partial charge in [-0.1, -0.05) is 32.0 Å². The minimum absolute atomic E-state index is 0.00649. The number of carbonyl (C=O) groups is 1. The van der Waals surface area contributed by atoms with E-state index in [2.05, 4.69) is 18.7 Å². The molecule has 180 valence electrons. The summed E-state index contributed by atoms with van der Waals surface area (Å²) >= 11 is 0. The van der Waals surface area contributed by atoms with E-state index in [1.807, 2.05) is 24.3 Å². The molecule has 2 aromatic rings. The van der Waals surface area contributed by atoms with Crippen LogP contribution >= 0.6 is 0 Å². The van der Waals surface area contributed by atoms with Crippen molar-refractivity contribution < 1.29 is 23.4 Å². The molecule has 2 aromatic carbocycles. The minimum atomic E-state index is -2.60. The smallest absolute Gasteiger partial charge is 0.306 e. The predicted molar refractivity (Wildman–Crippen MR) is 126 cm³/mol. The van der Waals surface area contributed by atoms with Gasteiger partial charge in [0.15, 0.2) is 0 Å². The van der Waals surface area contributed by atoms with E-state index in [9.17, 15) is 18.7 Å². The van der Waals surface area contributed by atoms with Crippen LogP contribution in [0.2, 0.25) is 0 Å². The summed E-state index contributed by atoms with van der Waals surface area (Å²) in [6.45, 7) is 5.82. The van der Waals surface area contributed by atoms with Crippen LogP contribution in [0.5, 0.6) is 5.75 Å². The highest BCUT2D eigenvalue weighted by Gasteiger charge is 2.29. The Balaban J connectivity index is 1.57. The number of carboxylic acids is 1. The number of piperidine rings is 1. The molecule has 1 heterocycles. The van der Waals surface area contributed by atoms with E-state index in [0.717, 1.165) is 56.1 Å². The molecular formula is C27H35F2NO3. The van der Waals surface area contributed by atoms with Crippen molar-refractivity contribution in [3.8, 4) is 5.75 Å². The first-order valence-electron chi connectivity index (χ1n) is 12.4. The zero-order valence-corrected chi connectivity index (χ0v) is 19.6. The summed E-state index contributed by atoms with van der Waals surface area (Å²) in [5.41, 5.74) is 1.09. The van der Waals surface area contributed by atoms with Gasteiger partial charge in [-0.25, -0.2) is 8.78 Å². The Bertz CT molecular complexity index is 963. The first kappa shape index (κ1) is 23.9. The summed E-state index contributed by atoms with van der Waals surface area (Å²) in [5, 5.41) is 10.6. The number of nitrogens with zero attached hydrogens (tertiary/aromatic N) is 1. The van der Waals surface area contributed by atoms with E-state index in [0.29, 0.717) is 29.9 Å². The van der Waals surface area contributed by atoms with Crippen LogP contribution < -0.4 is 4.74 Å². The second-order valence-electron chi connectivity index (χ2n) is 9.83. The van der Waals surface area contributed by atoms with E-state index in [4.69, 9.17) is 4.74 Å². The third kappa shape index (κ3) is 5.32. The van der Waals surface area contributed by atoms with Crippen molar-refractivity contribution in [1.82, 2.24) is 4.90 Å². The Morgan fingerprint density at radius 1 is 1.09 bits per heavy atom. The quantitative estimate of drug-likeness (QED) is 0.485. The lowest BCUT2D eigenvalue weighted by Crippen LogP contribution is -2.38. The molecule has 0 spiro atoms. The molecule has 2 aliphatic rings. The number of likely N-dealkylation sites (tertiary alicyclic amines) is 1. The van der Waals surface area contributed by atoms with Crippen molar-refractivity contribution in [2.75, 3.05) is 13.1 Å². The molecule has 4 rings (SSSR count). The molecule has 4 nitrogen and oxygen atoms in total. The van der Waals surface area contributed by atoms with Crippen LogP contribution in [0.15, 0.2) is 30.3 Å². The van der Waals surface area contributed by atoms with Crippen molar-refractivity contribution in [3.05, 3.63) is 41.5 Å². The highest BCUT2D eigenvalue weighted by Crippen LogP contribution is 2.39. The molecule has 6 heteroatoms. The molecule has 1 N–H and O–H groups in total. The van der Waals surface area contributed by atoms with Gasteiger partial charge in [0.25, 0.3) is 6.43 Å². The van der Waals surface area contributed by atoms with E-state index >= 15 is 0 Å². The first-order chi connectivity index (χ1) is 15.9. The minimum Gasteiger partial charge on any atom is -0.490 e. The molecule has 1 saturated heterocycles. The first-order valence-corrected chi connectivity index (χ1v) is 12.4. The molecule has 0 bridgehead atoms. The maximum atomic E-state index is 14.2. The van der Waals surface area contributed by atoms with Gasteiger partial charge in [0.2, 0.25) is 0 Å². The van der Waals surface area contributed by atoms with Crippen LogP contribution in [-0.4, -0.2) is 35.2 Å². The average molecular weight is 460 g/mol. The van der Waals surface area contributed by atoms with Crippen LogP contribution in [-0.2, 0) is 4.79 Å². The van der Waals surface area contributed by atoms with Crippen molar-refractivity contribution in [2.24, 2.45) is 11.8 Å². The SMILES string of the molecule is CCC(c1ccc2c(C(F)F)c(O[C@H]3CC[C@@H](C)CC3)ccc2c1)N1CCC(C(=O)O)CC1. The lowest BCUT2D eigenvalue weighted by atomic mass is 9.89. The van der Waals surface area contributed by atoms with Crippen LogP contribution in [0, 0.1) is 11.8 Å². The molecule has 33 heavy (non-hydrogen) atoms. The number of aliphatic carboxylic acids is 1. The van der Waals surface area contributed by atoms with Gasteiger partial charge >= 0.3 is 5.97 Å². The maximum Gasteiger partial charge on any atom is 0.306 e. The standard InChI is InChI=1S/C27H35F2NO3/c1-3-23(30-14-12-18(13-15-30)27(31)32)20-6-10-22-19(16-20)7-11-24(25(22)26(28)29)33-21-8-4-17(2)5-9-21/h6-7,10-11,16-18,21,23,26H,3-5,8-9,12-15H2,1-2H3,(H,31,32)/t17-,21+,23?. The number of fused-ring (bicyclic) bond motifs is 1. The fourth-order valence-electron chi connectivity index (χ4n) is 5.58. The van der Waals surface area contributed by atoms with Gasteiger partial charge in [0, 0.05) is 6.04 Å². The third-order valence-corrected chi connectivity index (χ3v) is 7.61.